The van der Waals surface area contributed by atoms with Crippen molar-refractivity contribution in [1.29, 1.82) is 0 Å². The van der Waals surface area contributed by atoms with E-state index in [2.05, 4.69) is 10.3 Å². The Bertz CT molecular complexity index is 883. The van der Waals surface area contributed by atoms with E-state index in [4.69, 9.17) is 4.42 Å². The fourth-order valence-corrected chi connectivity index (χ4v) is 2.59. The van der Waals surface area contributed by atoms with Crippen LogP contribution in [-0.2, 0) is 16.6 Å². The molecule has 1 amide bonds. The first-order chi connectivity index (χ1) is 11.3. The van der Waals surface area contributed by atoms with E-state index in [0.717, 1.165) is 22.2 Å². The molecule has 1 heterocycles. The van der Waals surface area contributed by atoms with E-state index in [0.29, 0.717) is 11.7 Å². The molecular formula is C20H22N2O2. The topological polar surface area (TPSA) is 55.1 Å². The van der Waals surface area contributed by atoms with Crippen molar-refractivity contribution in [2.45, 2.75) is 39.5 Å². The number of amides is 1. The molecule has 0 aliphatic carbocycles. The summed E-state index contributed by atoms with van der Waals surface area (Å²) in [5.74, 6) is 1.18. The number of hydrogen-bond acceptors (Lipinski definition) is 3. The van der Waals surface area contributed by atoms with Gasteiger partial charge in [-0.1, -0.05) is 57.2 Å². The molecule has 1 N–H and O–H groups in total. The summed E-state index contributed by atoms with van der Waals surface area (Å²) in [5, 5.41) is 5.11. The standard InChI is InChI=1S/C20H22N2O2/c1-13-17(24-19(21-13)20(2,3)4)12-18(23)22-16-11-7-9-14-8-5-6-10-15(14)16/h5-11H,12H2,1-4H3,(H,22,23). The van der Waals surface area contributed by atoms with E-state index in [1.165, 1.54) is 0 Å². The van der Waals surface area contributed by atoms with Crippen LogP contribution in [0.5, 0.6) is 0 Å². The van der Waals surface area contributed by atoms with Crippen molar-refractivity contribution in [2.24, 2.45) is 0 Å². The van der Waals surface area contributed by atoms with Gasteiger partial charge in [0, 0.05) is 16.5 Å². The number of nitrogens with one attached hydrogen (secondary N) is 1. The van der Waals surface area contributed by atoms with Crippen LogP contribution >= 0.6 is 0 Å². The molecule has 0 saturated heterocycles. The smallest absolute Gasteiger partial charge is 0.232 e. The summed E-state index contributed by atoms with van der Waals surface area (Å²) in [6.07, 6.45) is 0.179. The number of nitrogens with zero attached hydrogens (tertiary/aromatic N) is 1. The average molecular weight is 322 g/mol. The molecule has 4 heteroatoms. The van der Waals surface area contributed by atoms with Crippen LogP contribution in [0.2, 0.25) is 0 Å². The minimum Gasteiger partial charge on any atom is -0.444 e. The van der Waals surface area contributed by atoms with Gasteiger partial charge in [-0.2, -0.15) is 0 Å². The van der Waals surface area contributed by atoms with Crippen LogP contribution in [0.3, 0.4) is 0 Å². The quantitative estimate of drug-likeness (QED) is 0.766. The van der Waals surface area contributed by atoms with E-state index in [9.17, 15) is 4.79 Å². The van der Waals surface area contributed by atoms with Crippen molar-refractivity contribution >= 4 is 22.4 Å². The van der Waals surface area contributed by atoms with E-state index >= 15 is 0 Å². The number of aromatic nitrogens is 1. The van der Waals surface area contributed by atoms with Crippen molar-refractivity contribution in [3.63, 3.8) is 0 Å². The molecule has 124 valence electrons. The molecule has 0 spiro atoms. The first kappa shape index (κ1) is 16.2. The third-order valence-electron chi connectivity index (χ3n) is 3.92. The van der Waals surface area contributed by atoms with Crippen LogP contribution in [0.4, 0.5) is 5.69 Å². The lowest BCUT2D eigenvalue weighted by Gasteiger charge is -2.12. The van der Waals surface area contributed by atoms with E-state index in [1.807, 2.05) is 70.2 Å². The lowest BCUT2D eigenvalue weighted by molar-refractivity contribution is -0.115. The average Bonchev–Trinajstić information content (AvgIpc) is 2.89. The Morgan fingerprint density at radius 1 is 1.12 bits per heavy atom. The summed E-state index contributed by atoms with van der Waals surface area (Å²) in [7, 11) is 0. The second-order valence-electron chi connectivity index (χ2n) is 7.03. The molecule has 1 aromatic heterocycles. The summed E-state index contributed by atoms with van der Waals surface area (Å²) in [4.78, 5) is 16.9. The lowest BCUT2D eigenvalue weighted by atomic mass is 9.97. The number of fused-ring (bicyclic) bond motifs is 1. The maximum absolute atomic E-state index is 12.4. The molecule has 0 atom stereocenters. The van der Waals surface area contributed by atoms with Gasteiger partial charge in [-0.3, -0.25) is 4.79 Å². The van der Waals surface area contributed by atoms with Crippen molar-refractivity contribution in [1.82, 2.24) is 4.98 Å². The summed E-state index contributed by atoms with van der Waals surface area (Å²) in [6, 6.07) is 13.9. The lowest BCUT2D eigenvalue weighted by Crippen LogP contribution is -2.15. The predicted octanol–water partition coefficient (Wildman–Crippen LogP) is 4.61. The Morgan fingerprint density at radius 2 is 1.83 bits per heavy atom. The van der Waals surface area contributed by atoms with Crippen molar-refractivity contribution < 1.29 is 9.21 Å². The monoisotopic (exact) mass is 322 g/mol. The van der Waals surface area contributed by atoms with Gasteiger partial charge in [-0.05, 0) is 18.4 Å². The molecule has 24 heavy (non-hydrogen) atoms. The van der Waals surface area contributed by atoms with Crippen LogP contribution in [0.15, 0.2) is 46.9 Å². The number of carbonyl (C=O) groups is 1. The van der Waals surface area contributed by atoms with Crippen molar-refractivity contribution in [3.8, 4) is 0 Å². The zero-order valence-corrected chi connectivity index (χ0v) is 14.5. The minimum absolute atomic E-state index is 0.105. The van der Waals surface area contributed by atoms with Gasteiger partial charge in [-0.25, -0.2) is 4.98 Å². The van der Waals surface area contributed by atoms with Gasteiger partial charge in [-0.15, -0.1) is 0 Å². The second kappa shape index (κ2) is 6.11. The summed E-state index contributed by atoms with van der Waals surface area (Å²) >= 11 is 0. The molecule has 0 fully saturated rings. The molecule has 0 saturated carbocycles. The number of oxazole rings is 1. The van der Waals surface area contributed by atoms with Gasteiger partial charge < -0.3 is 9.73 Å². The Hall–Kier alpha value is -2.62. The third kappa shape index (κ3) is 3.32. The molecule has 3 rings (SSSR count). The Labute approximate surface area is 141 Å². The van der Waals surface area contributed by atoms with Crippen LogP contribution in [0, 0.1) is 6.92 Å². The zero-order chi connectivity index (χ0) is 17.3. The number of hydrogen-bond donors (Lipinski definition) is 1. The first-order valence-corrected chi connectivity index (χ1v) is 8.09. The van der Waals surface area contributed by atoms with Crippen LogP contribution in [0.25, 0.3) is 10.8 Å². The molecule has 0 aliphatic heterocycles. The van der Waals surface area contributed by atoms with Gasteiger partial charge in [0.15, 0.2) is 5.89 Å². The predicted molar refractivity (Wildman–Crippen MR) is 96.2 cm³/mol. The minimum atomic E-state index is -0.172. The SMILES string of the molecule is Cc1nc(C(C)(C)C)oc1CC(=O)Nc1cccc2ccccc12. The largest absolute Gasteiger partial charge is 0.444 e. The summed E-state index contributed by atoms with van der Waals surface area (Å²) < 4.78 is 5.80. The molecule has 4 nitrogen and oxygen atoms in total. The normalized spacial score (nSPS) is 11.7. The van der Waals surface area contributed by atoms with Gasteiger partial charge in [0.25, 0.3) is 0 Å². The molecule has 0 radical (unpaired) electrons. The maximum atomic E-state index is 12.4. The number of benzene rings is 2. The van der Waals surface area contributed by atoms with Crippen LogP contribution < -0.4 is 5.32 Å². The van der Waals surface area contributed by atoms with Crippen LogP contribution in [0.1, 0.15) is 38.1 Å². The van der Waals surface area contributed by atoms with E-state index in [-0.39, 0.29) is 17.7 Å². The number of anilines is 1. The highest BCUT2D eigenvalue weighted by atomic mass is 16.4. The molecule has 2 aromatic carbocycles. The highest BCUT2D eigenvalue weighted by Crippen LogP contribution is 2.25. The van der Waals surface area contributed by atoms with Crippen molar-refractivity contribution in [2.75, 3.05) is 5.32 Å². The fraction of sp³-hybridized carbons (Fsp3) is 0.300. The molecule has 0 unspecified atom stereocenters. The molecule has 3 aromatic rings. The molecule has 0 aliphatic rings. The van der Waals surface area contributed by atoms with Gasteiger partial charge in [0.05, 0.1) is 12.1 Å². The number of rotatable bonds is 3. The van der Waals surface area contributed by atoms with E-state index < -0.39 is 0 Å². The Morgan fingerprint density at radius 3 is 2.54 bits per heavy atom. The Kier molecular flexibility index (Phi) is 4.14. The summed E-state index contributed by atoms with van der Waals surface area (Å²) in [5.41, 5.74) is 1.41. The maximum Gasteiger partial charge on any atom is 0.232 e. The molecule has 0 bridgehead atoms. The summed E-state index contributed by atoms with van der Waals surface area (Å²) in [6.45, 7) is 7.99. The number of aryl methyl sites for hydroxylation is 1. The zero-order valence-electron chi connectivity index (χ0n) is 14.5. The van der Waals surface area contributed by atoms with Gasteiger partial charge in [0.1, 0.15) is 5.76 Å². The highest BCUT2D eigenvalue weighted by Gasteiger charge is 2.23. The van der Waals surface area contributed by atoms with E-state index in [1.54, 1.807) is 0 Å². The Balaban J connectivity index is 1.80. The third-order valence-corrected chi connectivity index (χ3v) is 3.92. The molecular weight excluding hydrogens is 300 g/mol. The van der Waals surface area contributed by atoms with Crippen molar-refractivity contribution in [3.05, 3.63) is 59.8 Å². The second-order valence-corrected chi connectivity index (χ2v) is 7.03. The van der Waals surface area contributed by atoms with Gasteiger partial charge in [0.2, 0.25) is 5.91 Å². The first-order valence-electron chi connectivity index (χ1n) is 8.09. The van der Waals surface area contributed by atoms with Gasteiger partial charge >= 0.3 is 0 Å². The highest BCUT2D eigenvalue weighted by molar-refractivity contribution is 6.02. The fourth-order valence-electron chi connectivity index (χ4n) is 2.59. The number of carbonyl (C=O) groups excluding carboxylic acids is 1. The van der Waals surface area contributed by atoms with Crippen LogP contribution in [-0.4, -0.2) is 10.9 Å².